The average Bonchev–Trinajstić information content (AvgIpc) is 3.86. The summed E-state index contributed by atoms with van der Waals surface area (Å²) in [4.78, 5) is 24.4. The molecule has 0 saturated heterocycles. The molecule has 1 saturated carbocycles. The third-order valence-electron chi connectivity index (χ3n) is 15.9. The number of pyridine rings is 1. The molecular formula is C62H50N6Si. The average molecular weight is 907 g/mol. The van der Waals surface area contributed by atoms with Crippen LogP contribution in [0.4, 0.5) is 11.4 Å². The molecule has 1 aliphatic heterocycles. The van der Waals surface area contributed by atoms with Gasteiger partial charge in [-0.25, -0.2) is 4.98 Å². The van der Waals surface area contributed by atoms with Crippen LogP contribution in [0.2, 0.25) is 0 Å². The Kier molecular flexibility index (Phi) is 9.60. The van der Waals surface area contributed by atoms with Gasteiger partial charge in [-0.15, -0.1) is 0 Å². The van der Waals surface area contributed by atoms with Gasteiger partial charge in [-0.1, -0.05) is 202 Å². The van der Waals surface area contributed by atoms with Gasteiger partial charge in [0, 0.05) is 27.9 Å². The van der Waals surface area contributed by atoms with Gasteiger partial charge >= 0.3 is 0 Å². The SMILES string of the molecule is CC12CCCCC1(C)N(c1ccc3ccccc3c1-c1nc(-c3cccc([Si](c4ccccc4)(c4ccccc4)c4ccccc4)c3)nc(-n3c4ccccc4c4ccccc43)n1)c1cnccc12. The van der Waals surface area contributed by atoms with Crippen LogP contribution in [-0.4, -0.2) is 38.1 Å². The van der Waals surface area contributed by atoms with Crippen LogP contribution in [0.3, 0.4) is 0 Å². The van der Waals surface area contributed by atoms with Crippen molar-refractivity contribution < 1.29 is 0 Å². The van der Waals surface area contributed by atoms with E-state index in [1.54, 1.807) is 0 Å². The Morgan fingerprint density at radius 3 is 1.71 bits per heavy atom. The van der Waals surface area contributed by atoms with E-state index in [9.17, 15) is 0 Å². The summed E-state index contributed by atoms with van der Waals surface area (Å²) in [7, 11) is -2.90. The van der Waals surface area contributed by atoms with Gasteiger partial charge in [0.1, 0.15) is 0 Å². The number of aromatic nitrogens is 5. The highest BCUT2D eigenvalue weighted by atomic mass is 28.3. The molecule has 8 aromatic carbocycles. The lowest BCUT2D eigenvalue weighted by Gasteiger charge is -2.50. The smallest absolute Gasteiger partial charge is 0.238 e. The van der Waals surface area contributed by atoms with Gasteiger partial charge in [0.15, 0.2) is 19.7 Å². The second-order valence-electron chi connectivity index (χ2n) is 19.3. The van der Waals surface area contributed by atoms with Crippen LogP contribution in [0.15, 0.2) is 219 Å². The second-order valence-corrected chi connectivity index (χ2v) is 23.1. The minimum Gasteiger partial charge on any atom is -0.333 e. The normalized spacial score (nSPS) is 17.9. The van der Waals surface area contributed by atoms with Gasteiger partial charge in [0.2, 0.25) is 5.95 Å². The first kappa shape index (κ1) is 41.2. The molecule has 6 nitrogen and oxygen atoms in total. The zero-order chi connectivity index (χ0) is 46.2. The standard InChI is InChI=1S/C62H50N6Si/c1-61-38-18-19-39-62(61,2)68(56-42-63-40-37-52(56)61)55-36-35-43-21-12-13-30-49(43)57(55)59-64-58(65-60(66-59)67-53-33-16-14-31-50(53)51-32-15-17-34-54(51)67)44-22-20-29-48(41-44)69(45-23-6-3-7-24-45,46-25-8-4-9-26-46)47-27-10-5-11-28-47/h3-17,20-37,40-42H,18-19,38-39H2,1-2H3. The zero-order valence-electron chi connectivity index (χ0n) is 38.8. The molecule has 2 aliphatic rings. The van der Waals surface area contributed by atoms with Gasteiger partial charge in [-0.05, 0) is 81.1 Å². The Bertz CT molecular complexity index is 3590. The van der Waals surface area contributed by atoms with Crippen molar-refractivity contribution in [1.82, 2.24) is 24.5 Å². The molecule has 2 atom stereocenters. The summed E-state index contributed by atoms with van der Waals surface area (Å²) in [6.45, 7) is 4.95. The molecule has 0 amide bonds. The van der Waals surface area contributed by atoms with Crippen molar-refractivity contribution in [1.29, 1.82) is 0 Å². The third-order valence-corrected chi connectivity index (χ3v) is 20.6. The predicted octanol–water partition coefficient (Wildman–Crippen LogP) is 12.0. The largest absolute Gasteiger partial charge is 0.333 e. The maximum Gasteiger partial charge on any atom is 0.238 e. The molecule has 1 fully saturated rings. The molecule has 0 bridgehead atoms. The molecule has 332 valence electrons. The van der Waals surface area contributed by atoms with Crippen molar-refractivity contribution >= 4 is 72.8 Å². The third kappa shape index (κ3) is 6.16. The van der Waals surface area contributed by atoms with E-state index < -0.39 is 8.07 Å². The van der Waals surface area contributed by atoms with Crippen LogP contribution in [0.5, 0.6) is 0 Å². The van der Waals surface area contributed by atoms with Crippen LogP contribution >= 0.6 is 0 Å². The van der Waals surface area contributed by atoms with E-state index in [2.05, 4.69) is 236 Å². The number of rotatable bonds is 8. The fourth-order valence-corrected chi connectivity index (χ4v) is 17.2. The lowest BCUT2D eigenvalue weighted by atomic mass is 9.61. The monoisotopic (exact) mass is 906 g/mol. The minimum absolute atomic E-state index is 0.0715. The van der Waals surface area contributed by atoms with Crippen molar-refractivity contribution in [2.45, 2.75) is 50.5 Å². The summed E-state index contributed by atoms with van der Waals surface area (Å²) >= 11 is 0. The Morgan fingerprint density at radius 1 is 0.478 bits per heavy atom. The molecule has 13 rings (SSSR count). The molecule has 3 aromatic heterocycles. The van der Waals surface area contributed by atoms with E-state index in [-0.39, 0.29) is 11.0 Å². The van der Waals surface area contributed by atoms with Gasteiger partial charge in [0.25, 0.3) is 0 Å². The topological polar surface area (TPSA) is 59.7 Å². The fraction of sp³-hybridized carbons (Fsp3) is 0.129. The molecule has 4 heterocycles. The Labute approximate surface area is 403 Å². The second kappa shape index (κ2) is 16.1. The van der Waals surface area contributed by atoms with Crippen LogP contribution in [0.25, 0.3) is 61.3 Å². The lowest BCUT2D eigenvalue weighted by Crippen LogP contribution is -2.74. The maximum absolute atomic E-state index is 5.71. The van der Waals surface area contributed by atoms with Crippen molar-refractivity contribution in [2.24, 2.45) is 0 Å². The van der Waals surface area contributed by atoms with Crippen molar-refractivity contribution in [3.63, 3.8) is 0 Å². The van der Waals surface area contributed by atoms with Crippen LogP contribution in [0, 0.1) is 0 Å². The summed E-state index contributed by atoms with van der Waals surface area (Å²) in [5.74, 6) is 1.82. The first-order chi connectivity index (χ1) is 34.0. The zero-order valence-corrected chi connectivity index (χ0v) is 39.8. The number of para-hydroxylation sites is 2. The Hall–Kier alpha value is -8.00. The molecule has 11 aromatic rings. The molecule has 1 aliphatic carbocycles. The lowest BCUT2D eigenvalue weighted by molar-refractivity contribution is 0.195. The summed E-state index contributed by atoms with van der Waals surface area (Å²) in [6, 6.07) is 75.1. The van der Waals surface area contributed by atoms with Crippen molar-refractivity contribution in [3.05, 3.63) is 224 Å². The quantitative estimate of drug-likeness (QED) is 0.112. The first-order valence-corrected chi connectivity index (χ1v) is 26.3. The fourth-order valence-electron chi connectivity index (χ4n) is 12.4. The molecule has 7 heteroatoms. The molecule has 0 radical (unpaired) electrons. The molecule has 69 heavy (non-hydrogen) atoms. The van der Waals surface area contributed by atoms with Gasteiger partial charge in [-0.2, -0.15) is 9.97 Å². The number of hydrogen-bond acceptors (Lipinski definition) is 5. The Balaban J connectivity index is 1.12. The van der Waals surface area contributed by atoms with Gasteiger partial charge in [0.05, 0.1) is 39.7 Å². The Morgan fingerprint density at radius 2 is 1.04 bits per heavy atom. The highest BCUT2D eigenvalue weighted by Gasteiger charge is 2.58. The van der Waals surface area contributed by atoms with E-state index in [1.165, 1.54) is 32.7 Å². The van der Waals surface area contributed by atoms with E-state index in [0.717, 1.165) is 74.3 Å². The van der Waals surface area contributed by atoms with E-state index in [1.807, 2.05) is 6.20 Å². The highest BCUT2D eigenvalue weighted by Crippen LogP contribution is 2.61. The summed E-state index contributed by atoms with van der Waals surface area (Å²) < 4.78 is 2.24. The maximum atomic E-state index is 5.71. The number of nitrogens with zero attached hydrogens (tertiary/aromatic N) is 6. The summed E-state index contributed by atoms with van der Waals surface area (Å²) in [5.41, 5.74) is 7.33. The number of fused-ring (bicyclic) bond motifs is 7. The van der Waals surface area contributed by atoms with Gasteiger partial charge in [-0.3, -0.25) is 9.55 Å². The van der Waals surface area contributed by atoms with E-state index >= 15 is 0 Å². The number of hydrogen-bond donors (Lipinski definition) is 0. The summed E-state index contributed by atoms with van der Waals surface area (Å²) in [6.07, 6.45) is 8.59. The van der Waals surface area contributed by atoms with E-state index in [0.29, 0.717) is 17.6 Å². The molecule has 0 spiro atoms. The van der Waals surface area contributed by atoms with Crippen molar-refractivity contribution in [3.8, 4) is 28.7 Å². The first-order valence-electron chi connectivity index (χ1n) is 24.3. The molecule has 2 unspecified atom stereocenters. The van der Waals surface area contributed by atoms with Crippen LogP contribution in [-0.2, 0) is 5.41 Å². The number of anilines is 2. The highest BCUT2D eigenvalue weighted by molar-refractivity contribution is 7.19. The summed E-state index contributed by atoms with van der Waals surface area (Å²) in [5, 5.41) is 9.71. The van der Waals surface area contributed by atoms with E-state index in [4.69, 9.17) is 19.9 Å². The number of benzene rings is 8. The molecular weight excluding hydrogens is 857 g/mol. The predicted molar refractivity (Wildman–Crippen MR) is 287 cm³/mol. The molecule has 0 N–H and O–H groups in total. The minimum atomic E-state index is -2.90. The van der Waals surface area contributed by atoms with Crippen LogP contribution < -0.4 is 25.6 Å². The van der Waals surface area contributed by atoms with Crippen LogP contribution in [0.1, 0.15) is 45.1 Å². The van der Waals surface area contributed by atoms with Gasteiger partial charge < -0.3 is 4.90 Å². The van der Waals surface area contributed by atoms with Crippen molar-refractivity contribution in [2.75, 3.05) is 4.90 Å².